The molecule has 2 heterocycles. The Morgan fingerprint density at radius 2 is 2.09 bits per heavy atom. The molecule has 0 amide bonds. The number of benzene rings is 1. The lowest BCUT2D eigenvalue weighted by Gasteiger charge is -2.11. The molecule has 5 heteroatoms. The highest BCUT2D eigenvalue weighted by Gasteiger charge is 2.02. The zero-order chi connectivity index (χ0) is 16.1. The molecule has 1 aromatic carbocycles. The summed E-state index contributed by atoms with van der Waals surface area (Å²) >= 11 is 3.98. The average molecular weight is 313 g/mol. The van der Waals surface area contributed by atoms with Crippen LogP contribution in [0.25, 0.3) is 11.0 Å². The number of nitrogens with one attached hydrogen (secondary N) is 1. The summed E-state index contributed by atoms with van der Waals surface area (Å²) in [5, 5.41) is 1.06. The SMILES string of the molecule is C#Cc1cc2cccnc2[nH]1.Cc1ccc(N(C)S)c(F)c1. The van der Waals surface area contributed by atoms with Gasteiger partial charge in [0.25, 0.3) is 0 Å². The highest BCUT2D eigenvalue weighted by Crippen LogP contribution is 2.19. The first-order valence-electron chi connectivity index (χ1n) is 6.60. The van der Waals surface area contributed by atoms with Gasteiger partial charge in [0.15, 0.2) is 0 Å². The second kappa shape index (κ2) is 7.01. The summed E-state index contributed by atoms with van der Waals surface area (Å²) in [6.07, 6.45) is 6.94. The molecule has 0 spiro atoms. The Hall–Kier alpha value is -2.45. The zero-order valence-electron chi connectivity index (χ0n) is 12.3. The lowest BCUT2D eigenvalue weighted by molar-refractivity contribution is 0.628. The molecule has 0 aliphatic carbocycles. The van der Waals surface area contributed by atoms with Crippen molar-refractivity contribution >= 4 is 29.5 Å². The fourth-order valence-corrected chi connectivity index (χ4v) is 2.07. The summed E-state index contributed by atoms with van der Waals surface area (Å²) in [6.45, 7) is 1.85. The molecule has 0 fully saturated rings. The quantitative estimate of drug-likeness (QED) is 0.526. The molecule has 0 aliphatic rings. The Morgan fingerprint density at radius 3 is 2.68 bits per heavy atom. The molecule has 3 nitrogen and oxygen atoms in total. The molecule has 0 unspecified atom stereocenters. The average Bonchev–Trinajstić information content (AvgIpc) is 2.90. The number of pyridine rings is 1. The van der Waals surface area contributed by atoms with Crippen molar-refractivity contribution in [3.63, 3.8) is 0 Å². The van der Waals surface area contributed by atoms with E-state index in [9.17, 15) is 4.39 Å². The monoisotopic (exact) mass is 313 g/mol. The Labute approximate surface area is 134 Å². The normalized spacial score (nSPS) is 9.77. The van der Waals surface area contributed by atoms with Gasteiger partial charge in [0, 0.05) is 18.6 Å². The number of hydrogen-bond acceptors (Lipinski definition) is 3. The first kappa shape index (κ1) is 15.9. The van der Waals surface area contributed by atoms with Crippen molar-refractivity contribution in [2.75, 3.05) is 11.4 Å². The summed E-state index contributed by atoms with van der Waals surface area (Å²) in [5.74, 6) is 2.29. The Bertz CT molecular complexity index is 785. The van der Waals surface area contributed by atoms with E-state index in [-0.39, 0.29) is 5.82 Å². The Morgan fingerprint density at radius 1 is 1.32 bits per heavy atom. The van der Waals surface area contributed by atoms with E-state index in [4.69, 9.17) is 6.42 Å². The van der Waals surface area contributed by atoms with E-state index in [1.165, 1.54) is 10.4 Å². The maximum absolute atomic E-state index is 13.0. The van der Waals surface area contributed by atoms with Crippen LogP contribution in [0.2, 0.25) is 0 Å². The van der Waals surface area contributed by atoms with E-state index < -0.39 is 0 Å². The van der Waals surface area contributed by atoms with Crippen LogP contribution in [0.1, 0.15) is 11.3 Å². The van der Waals surface area contributed by atoms with E-state index in [2.05, 4.69) is 28.7 Å². The molecule has 22 heavy (non-hydrogen) atoms. The second-order valence-electron chi connectivity index (χ2n) is 4.75. The standard InChI is InChI=1S/C9H6N2.C8H10FNS/c1-2-8-6-7-4-3-5-10-9(7)11-8;1-6-3-4-8(10(2)11)7(9)5-6/h1,3-6H,(H,10,11);3-5,11H,1-2H3. The van der Waals surface area contributed by atoms with Crippen molar-refractivity contribution in [3.05, 3.63) is 59.7 Å². The van der Waals surface area contributed by atoms with Gasteiger partial charge in [0.1, 0.15) is 11.5 Å². The number of H-pyrrole nitrogens is 1. The third-order valence-electron chi connectivity index (χ3n) is 3.00. The Kier molecular flexibility index (Phi) is 5.08. The smallest absolute Gasteiger partial charge is 0.147 e. The molecule has 0 atom stereocenters. The first-order valence-corrected chi connectivity index (χ1v) is 7.00. The molecule has 0 saturated carbocycles. The third kappa shape index (κ3) is 3.80. The molecular formula is C17H16FN3S. The number of halogens is 1. The maximum atomic E-state index is 13.0. The van der Waals surface area contributed by atoms with Crippen LogP contribution >= 0.6 is 12.8 Å². The molecule has 1 N–H and O–H groups in total. The molecule has 112 valence electrons. The predicted molar refractivity (Wildman–Crippen MR) is 92.6 cm³/mol. The molecule has 0 radical (unpaired) electrons. The largest absolute Gasteiger partial charge is 0.333 e. The molecule has 0 bridgehead atoms. The minimum absolute atomic E-state index is 0.234. The number of aromatic nitrogens is 2. The number of aryl methyl sites for hydroxylation is 1. The number of rotatable bonds is 1. The van der Waals surface area contributed by atoms with Gasteiger partial charge >= 0.3 is 0 Å². The highest BCUT2D eigenvalue weighted by molar-refractivity contribution is 7.81. The minimum atomic E-state index is -0.234. The van der Waals surface area contributed by atoms with Gasteiger partial charge in [-0.15, -0.1) is 6.42 Å². The van der Waals surface area contributed by atoms with Gasteiger partial charge < -0.3 is 9.29 Å². The number of thiol groups is 1. The van der Waals surface area contributed by atoms with Gasteiger partial charge in [-0.1, -0.05) is 24.8 Å². The Balaban J connectivity index is 0.000000160. The maximum Gasteiger partial charge on any atom is 0.147 e. The van der Waals surface area contributed by atoms with Crippen LogP contribution in [0.3, 0.4) is 0 Å². The van der Waals surface area contributed by atoms with Gasteiger partial charge in [0.2, 0.25) is 0 Å². The van der Waals surface area contributed by atoms with Crippen LogP contribution in [0.5, 0.6) is 0 Å². The molecule has 0 saturated heterocycles. The molecule has 2 aromatic heterocycles. The number of terminal acetylenes is 1. The van der Waals surface area contributed by atoms with Gasteiger partial charge in [-0.25, -0.2) is 9.37 Å². The van der Waals surface area contributed by atoms with Crippen LogP contribution in [-0.2, 0) is 0 Å². The number of fused-ring (bicyclic) bond motifs is 1. The fraction of sp³-hybridized carbons (Fsp3) is 0.118. The number of aromatic amines is 1. The highest BCUT2D eigenvalue weighted by atomic mass is 32.1. The third-order valence-corrected chi connectivity index (χ3v) is 3.21. The number of anilines is 1. The van der Waals surface area contributed by atoms with Crippen LogP contribution in [0, 0.1) is 25.1 Å². The number of hydrogen-bond donors (Lipinski definition) is 2. The van der Waals surface area contributed by atoms with E-state index >= 15 is 0 Å². The summed E-state index contributed by atoms with van der Waals surface area (Å²) in [6, 6.07) is 10.8. The van der Waals surface area contributed by atoms with Crippen molar-refractivity contribution in [2.45, 2.75) is 6.92 Å². The van der Waals surface area contributed by atoms with Crippen molar-refractivity contribution in [2.24, 2.45) is 0 Å². The van der Waals surface area contributed by atoms with Crippen LogP contribution < -0.4 is 4.31 Å². The lowest BCUT2D eigenvalue weighted by Crippen LogP contribution is -2.03. The molecule has 3 aromatic rings. The minimum Gasteiger partial charge on any atom is -0.333 e. The van der Waals surface area contributed by atoms with Crippen LogP contribution in [-0.4, -0.2) is 17.0 Å². The molecule has 3 rings (SSSR count). The van der Waals surface area contributed by atoms with Gasteiger partial charge in [-0.05, 0) is 42.8 Å². The van der Waals surface area contributed by atoms with Crippen molar-refractivity contribution in [3.8, 4) is 12.3 Å². The van der Waals surface area contributed by atoms with Crippen LogP contribution in [0.4, 0.5) is 10.1 Å². The summed E-state index contributed by atoms with van der Waals surface area (Å²) < 4.78 is 14.5. The molecule has 0 aliphatic heterocycles. The molecular weight excluding hydrogens is 297 g/mol. The van der Waals surface area contributed by atoms with E-state index in [0.29, 0.717) is 5.69 Å². The van der Waals surface area contributed by atoms with Gasteiger partial charge in [0.05, 0.1) is 11.4 Å². The topological polar surface area (TPSA) is 31.9 Å². The summed E-state index contributed by atoms with van der Waals surface area (Å²) in [7, 11) is 1.69. The number of nitrogens with zero attached hydrogens (tertiary/aromatic N) is 2. The predicted octanol–water partition coefficient (Wildman–Crippen LogP) is 3.96. The van der Waals surface area contributed by atoms with Gasteiger partial charge in [-0.2, -0.15) is 0 Å². The second-order valence-corrected chi connectivity index (χ2v) is 5.35. The van der Waals surface area contributed by atoms with Crippen molar-refractivity contribution in [1.82, 2.24) is 9.97 Å². The first-order chi connectivity index (χ1) is 10.5. The van der Waals surface area contributed by atoms with Gasteiger partial charge in [-0.3, -0.25) is 0 Å². The summed E-state index contributed by atoms with van der Waals surface area (Å²) in [4.78, 5) is 7.10. The van der Waals surface area contributed by atoms with Crippen LogP contribution in [0.15, 0.2) is 42.6 Å². The van der Waals surface area contributed by atoms with E-state index in [0.717, 1.165) is 22.3 Å². The zero-order valence-corrected chi connectivity index (χ0v) is 13.2. The van der Waals surface area contributed by atoms with Crippen molar-refractivity contribution in [1.29, 1.82) is 0 Å². The lowest BCUT2D eigenvalue weighted by atomic mass is 10.2. The summed E-state index contributed by atoms with van der Waals surface area (Å²) in [5.41, 5.74) is 3.04. The van der Waals surface area contributed by atoms with Crippen molar-refractivity contribution < 1.29 is 4.39 Å². The van der Waals surface area contributed by atoms with E-state index in [1.807, 2.05) is 31.2 Å². The fourth-order valence-electron chi connectivity index (χ4n) is 1.91. The van der Waals surface area contributed by atoms with E-state index in [1.54, 1.807) is 19.3 Å².